The van der Waals surface area contributed by atoms with Crippen LogP contribution >= 0.6 is 0 Å². The van der Waals surface area contributed by atoms with E-state index in [1.807, 2.05) is 24.3 Å². The Labute approximate surface area is 101 Å². The lowest BCUT2D eigenvalue weighted by molar-refractivity contribution is 0.359. The van der Waals surface area contributed by atoms with Crippen molar-refractivity contribution < 1.29 is 4.21 Å². The topological polar surface area (TPSA) is 29.1 Å². The molecule has 0 aromatic heterocycles. The molecule has 0 bridgehead atoms. The highest BCUT2D eigenvalue weighted by Gasteiger charge is 2.19. The van der Waals surface area contributed by atoms with Crippen LogP contribution in [0.5, 0.6) is 0 Å². The first-order valence-electron chi connectivity index (χ1n) is 5.51. The van der Waals surface area contributed by atoms with E-state index in [4.69, 9.17) is 0 Å². The van der Waals surface area contributed by atoms with Crippen molar-refractivity contribution in [1.29, 1.82) is 0 Å². The summed E-state index contributed by atoms with van der Waals surface area (Å²) in [6.45, 7) is 8.76. The molecule has 16 heavy (non-hydrogen) atoms. The summed E-state index contributed by atoms with van der Waals surface area (Å²) in [6.07, 6.45) is 1.70. The van der Waals surface area contributed by atoms with E-state index >= 15 is 0 Å². The first-order chi connectivity index (χ1) is 7.30. The molecule has 3 heteroatoms. The van der Waals surface area contributed by atoms with Crippen LogP contribution in [0.15, 0.2) is 29.2 Å². The van der Waals surface area contributed by atoms with Gasteiger partial charge in [0.05, 0.1) is 0 Å². The second-order valence-corrected chi connectivity index (χ2v) is 6.59. The van der Waals surface area contributed by atoms with Crippen LogP contribution in [-0.4, -0.2) is 16.5 Å². The summed E-state index contributed by atoms with van der Waals surface area (Å²) in [5, 5.41) is 3.44. The predicted molar refractivity (Wildman–Crippen MR) is 71.3 cm³/mol. The molecular weight excluding hydrogens is 218 g/mol. The third-order valence-electron chi connectivity index (χ3n) is 2.85. The van der Waals surface area contributed by atoms with Gasteiger partial charge in [-0.2, -0.15) is 0 Å². The molecular formula is C13H21NOS. The minimum atomic E-state index is -0.915. The van der Waals surface area contributed by atoms with Crippen LogP contribution in [0.4, 0.5) is 5.69 Å². The summed E-state index contributed by atoms with van der Waals surface area (Å²) < 4.78 is 11.4. The minimum Gasteiger partial charge on any atom is -0.382 e. The summed E-state index contributed by atoms with van der Waals surface area (Å²) in [5.41, 5.74) is 1.25. The summed E-state index contributed by atoms with van der Waals surface area (Å²) in [7, 11) is -0.915. The molecule has 1 rings (SSSR count). The molecule has 0 spiro atoms. The standard InChI is InChI=1S/C13H21NOS/c1-10(13(2,3)4)14-11-7-6-8-12(9-11)16(5)15/h6-10,14H,1-5H3. The van der Waals surface area contributed by atoms with E-state index in [-0.39, 0.29) is 5.41 Å². The van der Waals surface area contributed by atoms with Crippen LogP contribution in [-0.2, 0) is 10.8 Å². The van der Waals surface area contributed by atoms with Gasteiger partial charge in [-0.05, 0) is 30.5 Å². The SMILES string of the molecule is CC(Nc1cccc(S(C)=O)c1)C(C)(C)C. The van der Waals surface area contributed by atoms with Crippen LogP contribution in [0.25, 0.3) is 0 Å². The van der Waals surface area contributed by atoms with Gasteiger partial charge in [0.2, 0.25) is 0 Å². The molecule has 2 unspecified atom stereocenters. The zero-order valence-corrected chi connectivity index (χ0v) is 11.5. The Kier molecular flexibility index (Phi) is 4.14. The maximum absolute atomic E-state index is 11.4. The Morgan fingerprint density at radius 1 is 1.31 bits per heavy atom. The molecule has 0 amide bonds. The molecule has 0 heterocycles. The first kappa shape index (κ1) is 13.2. The molecule has 2 nitrogen and oxygen atoms in total. The van der Waals surface area contributed by atoms with E-state index in [1.54, 1.807) is 6.26 Å². The van der Waals surface area contributed by atoms with Crippen molar-refractivity contribution in [3.8, 4) is 0 Å². The van der Waals surface area contributed by atoms with E-state index in [0.29, 0.717) is 6.04 Å². The monoisotopic (exact) mass is 239 g/mol. The Hall–Kier alpha value is -0.830. The number of nitrogens with one attached hydrogen (secondary N) is 1. The molecule has 0 fully saturated rings. The summed E-state index contributed by atoms with van der Waals surface area (Å²) in [5.74, 6) is 0. The first-order valence-corrected chi connectivity index (χ1v) is 7.06. The van der Waals surface area contributed by atoms with Gasteiger partial charge in [0.1, 0.15) is 0 Å². The van der Waals surface area contributed by atoms with Crippen molar-refractivity contribution in [3.05, 3.63) is 24.3 Å². The molecule has 1 aromatic carbocycles. The van der Waals surface area contributed by atoms with Gasteiger partial charge in [-0.1, -0.05) is 26.8 Å². The van der Waals surface area contributed by atoms with Gasteiger partial charge in [0.25, 0.3) is 0 Å². The highest BCUT2D eigenvalue weighted by atomic mass is 32.2. The molecule has 1 aromatic rings. The average Bonchev–Trinajstić information content (AvgIpc) is 2.16. The number of hydrogen-bond acceptors (Lipinski definition) is 2. The molecule has 0 aliphatic heterocycles. The highest BCUT2D eigenvalue weighted by Crippen LogP contribution is 2.23. The fourth-order valence-corrected chi connectivity index (χ4v) is 1.79. The number of hydrogen-bond donors (Lipinski definition) is 1. The molecule has 0 saturated heterocycles. The van der Waals surface area contributed by atoms with Crippen LogP contribution in [0.2, 0.25) is 0 Å². The van der Waals surface area contributed by atoms with Crippen molar-refractivity contribution >= 4 is 16.5 Å². The van der Waals surface area contributed by atoms with Crippen molar-refractivity contribution in [2.75, 3.05) is 11.6 Å². The van der Waals surface area contributed by atoms with Gasteiger partial charge in [0.15, 0.2) is 0 Å². The number of rotatable bonds is 3. The number of anilines is 1. The number of benzene rings is 1. The van der Waals surface area contributed by atoms with E-state index in [9.17, 15) is 4.21 Å². The molecule has 0 aliphatic rings. The van der Waals surface area contributed by atoms with Crippen molar-refractivity contribution in [3.63, 3.8) is 0 Å². The van der Waals surface area contributed by atoms with Crippen LogP contribution < -0.4 is 5.32 Å². The van der Waals surface area contributed by atoms with Gasteiger partial charge in [-0.15, -0.1) is 0 Å². The molecule has 2 atom stereocenters. The van der Waals surface area contributed by atoms with Gasteiger partial charge in [0, 0.05) is 33.7 Å². The fraction of sp³-hybridized carbons (Fsp3) is 0.538. The van der Waals surface area contributed by atoms with Crippen LogP contribution in [0.1, 0.15) is 27.7 Å². The molecule has 0 radical (unpaired) electrons. The quantitative estimate of drug-likeness (QED) is 0.877. The zero-order valence-electron chi connectivity index (χ0n) is 10.7. The zero-order chi connectivity index (χ0) is 12.3. The van der Waals surface area contributed by atoms with Crippen molar-refractivity contribution in [2.24, 2.45) is 5.41 Å². The fourth-order valence-electron chi connectivity index (χ4n) is 1.23. The van der Waals surface area contributed by atoms with Crippen LogP contribution in [0.3, 0.4) is 0 Å². The molecule has 90 valence electrons. The average molecular weight is 239 g/mol. The second kappa shape index (κ2) is 5.00. The molecule has 1 N–H and O–H groups in total. The second-order valence-electron chi connectivity index (χ2n) is 5.21. The summed E-state index contributed by atoms with van der Waals surface area (Å²) in [4.78, 5) is 0.867. The highest BCUT2D eigenvalue weighted by molar-refractivity contribution is 7.84. The van der Waals surface area contributed by atoms with Gasteiger partial charge >= 0.3 is 0 Å². The Balaban J connectivity index is 2.82. The smallest absolute Gasteiger partial charge is 0.0498 e. The molecule has 0 saturated carbocycles. The van der Waals surface area contributed by atoms with Crippen molar-refractivity contribution in [2.45, 2.75) is 38.6 Å². The largest absolute Gasteiger partial charge is 0.382 e. The predicted octanol–water partition coefficient (Wildman–Crippen LogP) is 3.27. The minimum absolute atomic E-state index is 0.210. The lowest BCUT2D eigenvalue weighted by Crippen LogP contribution is -2.30. The third-order valence-corrected chi connectivity index (χ3v) is 3.77. The van der Waals surface area contributed by atoms with Crippen LogP contribution in [0, 0.1) is 5.41 Å². The van der Waals surface area contributed by atoms with E-state index < -0.39 is 10.8 Å². The maximum Gasteiger partial charge on any atom is 0.0498 e. The third kappa shape index (κ3) is 3.63. The Morgan fingerprint density at radius 2 is 1.94 bits per heavy atom. The van der Waals surface area contributed by atoms with Gasteiger partial charge in [-0.3, -0.25) is 4.21 Å². The van der Waals surface area contributed by atoms with Crippen molar-refractivity contribution in [1.82, 2.24) is 0 Å². The Bertz CT molecular complexity index is 382. The van der Waals surface area contributed by atoms with Gasteiger partial charge in [-0.25, -0.2) is 0 Å². The lowest BCUT2D eigenvalue weighted by atomic mass is 9.88. The molecule has 0 aliphatic carbocycles. The summed E-state index contributed by atoms with van der Waals surface area (Å²) >= 11 is 0. The van der Waals surface area contributed by atoms with E-state index in [1.165, 1.54) is 0 Å². The van der Waals surface area contributed by atoms with E-state index in [2.05, 4.69) is 33.0 Å². The van der Waals surface area contributed by atoms with Gasteiger partial charge < -0.3 is 5.32 Å². The Morgan fingerprint density at radius 3 is 2.44 bits per heavy atom. The normalized spacial score (nSPS) is 15.6. The summed E-state index contributed by atoms with van der Waals surface area (Å²) in [6, 6.07) is 8.17. The maximum atomic E-state index is 11.4. The van der Waals surface area contributed by atoms with E-state index in [0.717, 1.165) is 10.6 Å². The lowest BCUT2D eigenvalue weighted by Gasteiger charge is -2.29.